The summed E-state index contributed by atoms with van der Waals surface area (Å²) in [6.45, 7) is -1.69. The zero-order valence-corrected chi connectivity index (χ0v) is 17.4. The standard InChI is InChI=1S/C3H10O9P2.3Na/c4-1-3(5)2-11-14(9,10)12-13(6,7)8;;;/h3-5H,1-2H2,(H,9,10)(H2,6,7,8);;;/q;3*+1/p-3. The molecule has 0 saturated heterocycles. The Balaban J connectivity index is -0.000000282. The van der Waals surface area contributed by atoms with Gasteiger partial charge in [0, 0.05) is 0 Å². The Morgan fingerprint density at radius 1 is 1.12 bits per heavy atom. The first-order chi connectivity index (χ1) is 6.16. The average molecular weight is 318 g/mol. The van der Waals surface area contributed by atoms with Gasteiger partial charge in [-0.1, -0.05) is 0 Å². The Kier molecular flexibility index (Phi) is 21.5. The van der Waals surface area contributed by atoms with Crippen molar-refractivity contribution in [3.63, 3.8) is 0 Å². The van der Waals surface area contributed by atoms with Gasteiger partial charge in [-0.15, -0.1) is 0 Å². The minimum absolute atomic E-state index is 0. The third-order valence-corrected chi connectivity index (χ3v) is 2.90. The van der Waals surface area contributed by atoms with E-state index in [9.17, 15) is 23.8 Å². The molecule has 0 saturated carbocycles. The molecule has 0 spiro atoms. The summed E-state index contributed by atoms with van der Waals surface area (Å²) < 4.78 is 27.1. The fourth-order valence-electron chi connectivity index (χ4n) is 0.376. The molecule has 86 valence electrons. The van der Waals surface area contributed by atoms with Gasteiger partial charge in [0.05, 0.1) is 21.0 Å². The van der Waals surface area contributed by atoms with Crippen LogP contribution in [0.15, 0.2) is 0 Å². The number of phosphoric ester groups is 1. The fraction of sp³-hybridized carbons (Fsp3) is 1.00. The molecule has 0 heterocycles. The smallest absolute Gasteiger partial charge is 0.790 e. The van der Waals surface area contributed by atoms with Crippen molar-refractivity contribution in [2.75, 3.05) is 13.2 Å². The number of hydrogen-bond acceptors (Lipinski definition) is 9. The van der Waals surface area contributed by atoms with Gasteiger partial charge in [-0.3, -0.25) is 8.88 Å². The second kappa shape index (κ2) is 12.9. The van der Waals surface area contributed by atoms with Crippen molar-refractivity contribution in [2.24, 2.45) is 0 Å². The van der Waals surface area contributed by atoms with Crippen molar-refractivity contribution in [1.82, 2.24) is 0 Å². The fourth-order valence-corrected chi connectivity index (χ4v) is 1.90. The summed E-state index contributed by atoms with van der Waals surface area (Å²) in [5.74, 6) is 0. The van der Waals surface area contributed by atoms with Crippen LogP contribution in [0.1, 0.15) is 0 Å². The summed E-state index contributed by atoms with van der Waals surface area (Å²) in [7, 11) is -11.0. The molecule has 0 aliphatic rings. The van der Waals surface area contributed by atoms with E-state index < -0.39 is 35.0 Å². The zero-order valence-electron chi connectivity index (χ0n) is 9.64. The van der Waals surface area contributed by atoms with E-state index in [1.54, 1.807) is 0 Å². The minimum atomic E-state index is -5.70. The normalized spacial score (nSPS) is 15.6. The van der Waals surface area contributed by atoms with Gasteiger partial charge in [0.1, 0.15) is 6.10 Å². The van der Waals surface area contributed by atoms with Crippen LogP contribution in [-0.4, -0.2) is 29.5 Å². The van der Waals surface area contributed by atoms with E-state index in [0.717, 1.165) is 0 Å². The monoisotopic (exact) mass is 318 g/mol. The molecule has 0 aromatic carbocycles. The van der Waals surface area contributed by atoms with Gasteiger partial charge in [0.15, 0.2) is 0 Å². The average Bonchev–Trinajstić information content (AvgIpc) is 1.96. The maximum absolute atomic E-state index is 10.5. The molecule has 0 radical (unpaired) electrons. The summed E-state index contributed by atoms with van der Waals surface area (Å²) in [5.41, 5.74) is 0. The topological polar surface area (TPSA) is 162 Å². The molecule has 0 amide bonds. The number of aliphatic hydroxyl groups excluding tert-OH is 2. The molecule has 2 atom stereocenters. The molecule has 0 rings (SSSR count). The third-order valence-electron chi connectivity index (χ3n) is 0.836. The molecule has 0 aliphatic carbocycles. The first-order valence-corrected chi connectivity index (χ1v) is 6.06. The molecule has 9 nitrogen and oxygen atoms in total. The van der Waals surface area contributed by atoms with Gasteiger partial charge in [0.2, 0.25) is 0 Å². The number of rotatable bonds is 6. The summed E-state index contributed by atoms with van der Waals surface area (Å²) >= 11 is 0. The van der Waals surface area contributed by atoms with Crippen molar-refractivity contribution < 1.29 is 132 Å². The van der Waals surface area contributed by atoms with E-state index in [-0.39, 0.29) is 88.7 Å². The molecule has 17 heavy (non-hydrogen) atoms. The largest absolute Gasteiger partial charge is 1.00 e. The van der Waals surface area contributed by atoms with Crippen LogP contribution in [0.5, 0.6) is 0 Å². The zero-order chi connectivity index (χ0) is 11.4. The van der Waals surface area contributed by atoms with Gasteiger partial charge in [-0.2, -0.15) is 0 Å². The first kappa shape index (κ1) is 28.4. The Morgan fingerprint density at radius 2 is 1.53 bits per heavy atom. The molecule has 2 unspecified atom stereocenters. The van der Waals surface area contributed by atoms with Crippen LogP contribution >= 0.6 is 15.6 Å². The quantitative estimate of drug-likeness (QED) is 0.357. The van der Waals surface area contributed by atoms with Crippen LogP contribution < -0.4 is 103 Å². The second-order valence-corrected chi connectivity index (χ2v) is 4.81. The Bertz CT molecular complexity index is 268. The van der Waals surface area contributed by atoms with E-state index in [4.69, 9.17) is 10.2 Å². The van der Waals surface area contributed by atoms with Gasteiger partial charge < -0.3 is 34.0 Å². The van der Waals surface area contributed by atoms with Crippen LogP contribution in [-0.2, 0) is 18.0 Å². The molecule has 2 N–H and O–H groups in total. The van der Waals surface area contributed by atoms with E-state index in [1.165, 1.54) is 0 Å². The van der Waals surface area contributed by atoms with E-state index in [0.29, 0.717) is 0 Å². The summed E-state index contributed by atoms with van der Waals surface area (Å²) in [6, 6.07) is 0. The first-order valence-electron chi connectivity index (χ1n) is 3.14. The van der Waals surface area contributed by atoms with E-state index in [1.807, 2.05) is 0 Å². The molecular formula is C3H7Na3O9P2. The molecule has 14 heteroatoms. The molecule has 0 aliphatic heterocycles. The predicted octanol–water partition coefficient (Wildman–Crippen LogP) is -12.3. The molecular weight excluding hydrogens is 311 g/mol. The van der Waals surface area contributed by atoms with Gasteiger partial charge >= 0.3 is 88.7 Å². The minimum Gasteiger partial charge on any atom is -0.790 e. The van der Waals surface area contributed by atoms with Crippen molar-refractivity contribution in [2.45, 2.75) is 6.10 Å². The van der Waals surface area contributed by atoms with Crippen LogP contribution in [0.4, 0.5) is 0 Å². The number of hydrogen-bond donors (Lipinski definition) is 2. The molecule has 0 fully saturated rings. The SMILES string of the molecule is O=P([O-])([O-])OP(=O)([O-])OCC(O)CO.[Na+].[Na+].[Na+]. The number of phosphoric acid groups is 2. The summed E-state index contributed by atoms with van der Waals surface area (Å²) in [4.78, 5) is 30.2. The van der Waals surface area contributed by atoms with Crippen LogP contribution in [0.25, 0.3) is 0 Å². The van der Waals surface area contributed by atoms with Gasteiger partial charge in [0.25, 0.3) is 7.82 Å². The van der Waals surface area contributed by atoms with Gasteiger partial charge in [-0.05, 0) is 0 Å². The predicted molar refractivity (Wildman–Crippen MR) is 35.3 cm³/mol. The molecule has 0 bridgehead atoms. The second-order valence-electron chi connectivity index (χ2n) is 2.11. The van der Waals surface area contributed by atoms with Crippen molar-refractivity contribution in [3.8, 4) is 0 Å². The third kappa shape index (κ3) is 19.2. The van der Waals surface area contributed by atoms with Crippen LogP contribution in [0.2, 0.25) is 0 Å². The Labute approximate surface area is 164 Å². The summed E-state index contributed by atoms with van der Waals surface area (Å²) in [6.07, 6.45) is -1.52. The Hall–Kier alpha value is 3.18. The summed E-state index contributed by atoms with van der Waals surface area (Å²) in [5, 5.41) is 16.8. The van der Waals surface area contributed by atoms with Crippen molar-refractivity contribution >= 4 is 15.6 Å². The Morgan fingerprint density at radius 3 is 1.82 bits per heavy atom. The van der Waals surface area contributed by atoms with Crippen LogP contribution in [0.3, 0.4) is 0 Å². The van der Waals surface area contributed by atoms with Crippen molar-refractivity contribution in [1.29, 1.82) is 0 Å². The van der Waals surface area contributed by atoms with Gasteiger partial charge in [-0.25, -0.2) is 0 Å². The van der Waals surface area contributed by atoms with Crippen molar-refractivity contribution in [3.05, 3.63) is 0 Å². The maximum Gasteiger partial charge on any atom is 1.00 e. The van der Waals surface area contributed by atoms with E-state index >= 15 is 0 Å². The van der Waals surface area contributed by atoms with Crippen LogP contribution in [0, 0.1) is 0 Å². The van der Waals surface area contributed by atoms with E-state index in [2.05, 4.69) is 8.83 Å². The number of aliphatic hydroxyl groups is 2. The molecule has 0 aromatic rings. The maximum atomic E-state index is 10.5. The molecule has 0 aromatic heterocycles.